The SMILES string of the molecule is CCn1c(=O)c(-c2cc(C)c(-c3noc(C)n3)cc2Cl)cc2cnc(N[C@@H]3CCOC3)nc21. The third kappa shape index (κ3) is 3.98. The number of pyridine rings is 1. The molecule has 0 saturated carbocycles. The normalized spacial score (nSPS) is 15.9. The average Bonchev–Trinajstić information content (AvgIpc) is 3.46. The summed E-state index contributed by atoms with van der Waals surface area (Å²) in [5.74, 6) is 1.42. The first-order valence-electron chi connectivity index (χ1n) is 10.8. The molecule has 1 aliphatic rings. The standard InChI is InChI=1S/C23H23ClN6O3/c1-4-30-21-14(10-25-23(28-21)27-15-5-6-32-11-15)8-18(22(30)31)17-7-12(2)16(9-19(17)24)20-26-13(3)33-29-20/h7-10,15H,4-6,11H2,1-3H3,(H,25,27,28)/t15-/m1/s1. The number of halogens is 1. The van der Waals surface area contributed by atoms with Gasteiger partial charge in [0.2, 0.25) is 17.7 Å². The van der Waals surface area contributed by atoms with Gasteiger partial charge < -0.3 is 14.6 Å². The molecule has 4 heterocycles. The summed E-state index contributed by atoms with van der Waals surface area (Å²) in [4.78, 5) is 26.8. The van der Waals surface area contributed by atoms with E-state index >= 15 is 0 Å². The molecule has 0 radical (unpaired) electrons. The lowest BCUT2D eigenvalue weighted by Gasteiger charge is -2.15. The van der Waals surface area contributed by atoms with E-state index in [0.717, 1.165) is 29.5 Å². The van der Waals surface area contributed by atoms with Crippen LogP contribution in [0.5, 0.6) is 0 Å². The number of fused-ring (bicyclic) bond motifs is 1. The summed E-state index contributed by atoms with van der Waals surface area (Å²) >= 11 is 6.64. The second-order valence-corrected chi connectivity index (χ2v) is 8.48. The molecule has 170 valence electrons. The van der Waals surface area contributed by atoms with Gasteiger partial charge in [-0.2, -0.15) is 9.97 Å². The van der Waals surface area contributed by atoms with Crippen LogP contribution in [0.25, 0.3) is 33.5 Å². The largest absolute Gasteiger partial charge is 0.379 e. The first-order chi connectivity index (χ1) is 15.9. The van der Waals surface area contributed by atoms with E-state index in [2.05, 4.69) is 25.4 Å². The van der Waals surface area contributed by atoms with Gasteiger partial charge in [0.25, 0.3) is 5.56 Å². The number of ether oxygens (including phenoxy) is 1. The first kappa shape index (κ1) is 21.5. The Morgan fingerprint density at radius 3 is 2.73 bits per heavy atom. The second-order valence-electron chi connectivity index (χ2n) is 8.07. The number of nitrogens with one attached hydrogen (secondary N) is 1. The number of nitrogens with zero attached hydrogens (tertiary/aromatic N) is 5. The van der Waals surface area contributed by atoms with Crippen LogP contribution in [0.1, 0.15) is 24.8 Å². The minimum absolute atomic E-state index is 0.164. The molecule has 1 N–H and O–H groups in total. The van der Waals surface area contributed by atoms with Crippen molar-refractivity contribution in [1.29, 1.82) is 0 Å². The number of hydrogen-bond donors (Lipinski definition) is 1. The highest BCUT2D eigenvalue weighted by molar-refractivity contribution is 6.33. The van der Waals surface area contributed by atoms with Crippen molar-refractivity contribution >= 4 is 28.6 Å². The summed E-state index contributed by atoms with van der Waals surface area (Å²) in [5, 5.41) is 8.45. The lowest BCUT2D eigenvalue weighted by atomic mass is 9.99. The zero-order valence-electron chi connectivity index (χ0n) is 18.6. The van der Waals surface area contributed by atoms with E-state index in [-0.39, 0.29) is 11.6 Å². The van der Waals surface area contributed by atoms with Crippen LogP contribution in [0.3, 0.4) is 0 Å². The van der Waals surface area contributed by atoms with Gasteiger partial charge in [0.15, 0.2) is 0 Å². The van der Waals surface area contributed by atoms with Crippen LogP contribution < -0.4 is 10.9 Å². The number of anilines is 1. The fraction of sp³-hybridized carbons (Fsp3) is 0.348. The molecule has 0 spiro atoms. The lowest BCUT2D eigenvalue weighted by Crippen LogP contribution is -2.24. The minimum atomic E-state index is -0.164. The van der Waals surface area contributed by atoms with Crippen molar-refractivity contribution in [3.8, 4) is 22.5 Å². The maximum Gasteiger partial charge on any atom is 0.260 e. The molecule has 1 aliphatic heterocycles. The quantitative estimate of drug-likeness (QED) is 0.470. The van der Waals surface area contributed by atoms with Crippen molar-refractivity contribution < 1.29 is 9.26 Å². The van der Waals surface area contributed by atoms with Crippen molar-refractivity contribution in [2.45, 2.75) is 39.8 Å². The van der Waals surface area contributed by atoms with Gasteiger partial charge in [0.05, 0.1) is 12.6 Å². The van der Waals surface area contributed by atoms with Crippen molar-refractivity contribution in [3.63, 3.8) is 0 Å². The number of aromatic nitrogens is 5. The van der Waals surface area contributed by atoms with Crippen molar-refractivity contribution in [3.05, 3.63) is 51.2 Å². The molecule has 1 fully saturated rings. The predicted molar refractivity (Wildman–Crippen MR) is 126 cm³/mol. The summed E-state index contributed by atoms with van der Waals surface area (Å²) in [6.07, 6.45) is 2.63. The van der Waals surface area contributed by atoms with Gasteiger partial charge >= 0.3 is 0 Å². The molecular formula is C23H23ClN6O3. The third-order valence-corrected chi connectivity index (χ3v) is 6.09. The molecule has 5 rings (SSSR count). The van der Waals surface area contributed by atoms with Crippen LogP contribution in [0.15, 0.2) is 33.7 Å². The molecule has 3 aromatic heterocycles. The van der Waals surface area contributed by atoms with E-state index in [1.807, 2.05) is 19.9 Å². The fourth-order valence-electron chi connectivity index (χ4n) is 4.08. The van der Waals surface area contributed by atoms with Gasteiger partial charge in [-0.05, 0) is 44.0 Å². The molecular weight excluding hydrogens is 444 g/mol. The van der Waals surface area contributed by atoms with Crippen LogP contribution in [0, 0.1) is 13.8 Å². The Balaban J connectivity index is 1.60. The predicted octanol–water partition coefficient (Wildman–Crippen LogP) is 4.00. The van der Waals surface area contributed by atoms with Crippen molar-refractivity contribution in [2.24, 2.45) is 0 Å². The van der Waals surface area contributed by atoms with E-state index in [1.54, 1.807) is 29.8 Å². The Labute approximate surface area is 194 Å². The topological polar surface area (TPSA) is 108 Å². The van der Waals surface area contributed by atoms with E-state index in [9.17, 15) is 4.79 Å². The zero-order valence-corrected chi connectivity index (χ0v) is 19.3. The van der Waals surface area contributed by atoms with Crippen molar-refractivity contribution in [1.82, 2.24) is 24.7 Å². The molecule has 4 aromatic rings. The fourth-order valence-corrected chi connectivity index (χ4v) is 4.35. The molecule has 1 aromatic carbocycles. The highest BCUT2D eigenvalue weighted by Gasteiger charge is 2.20. The van der Waals surface area contributed by atoms with E-state index < -0.39 is 0 Å². The van der Waals surface area contributed by atoms with Crippen LogP contribution in [0.4, 0.5) is 5.95 Å². The third-order valence-electron chi connectivity index (χ3n) is 5.78. The molecule has 9 nitrogen and oxygen atoms in total. The smallest absolute Gasteiger partial charge is 0.260 e. The molecule has 0 amide bonds. The minimum Gasteiger partial charge on any atom is -0.379 e. The van der Waals surface area contributed by atoms with Gasteiger partial charge in [0, 0.05) is 53.4 Å². The van der Waals surface area contributed by atoms with E-state index in [0.29, 0.717) is 52.6 Å². The van der Waals surface area contributed by atoms with Crippen LogP contribution in [-0.2, 0) is 11.3 Å². The summed E-state index contributed by atoms with van der Waals surface area (Å²) in [6, 6.07) is 5.61. The molecule has 0 unspecified atom stereocenters. The van der Waals surface area contributed by atoms with E-state index in [4.69, 9.17) is 20.9 Å². The van der Waals surface area contributed by atoms with Crippen LogP contribution in [-0.4, -0.2) is 43.9 Å². The molecule has 0 bridgehead atoms. The lowest BCUT2D eigenvalue weighted by molar-refractivity contribution is 0.195. The number of hydrogen-bond acceptors (Lipinski definition) is 8. The molecule has 1 atom stereocenters. The zero-order chi connectivity index (χ0) is 23.1. The Bertz CT molecular complexity index is 1410. The van der Waals surface area contributed by atoms with Crippen LogP contribution >= 0.6 is 11.6 Å². The Hall–Kier alpha value is -3.30. The molecule has 33 heavy (non-hydrogen) atoms. The highest BCUT2D eigenvalue weighted by atomic mass is 35.5. The Morgan fingerprint density at radius 2 is 2.03 bits per heavy atom. The second kappa shape index (κ2) is 8.57. The average molecular weight is 467 g/mol. The summed E-state index contributed by atoms with van der Waals surface area (Å²) < 4.78 is 12.1. The molecule has 0 aliphatic carbocycles. The summed E-state index contributed by atoms with van der Waals surface area (Å²) in [6.45, 7) is 7.38. The number of rotatable bonds is 5. The highest BCUT2D eigenvalue weighted by Crippen LogP contribution is 2.33. The maximum absolute atomic E-state index is 13.5. The number of aryl methyl sites for hydroxylation is 3. The molecule has 10 heteroatoms. The molecule has 1 saturated heterocycles. The first-order valence-corrected chi connectivity index (χ1v) is 11.2. The van der Waals surface area contributed by atoms with Gasteiger partial charge in [-0.25, -0.2) is 4.98 Å². The Kier molecular flexibility index (Phi) is 5.59. The van der Waals surface area contributed by atoms with Crippen molar-refractivity contribution in [2.75, 3.05) is 18.5 Å². The van der Waals surface area contributed by atoms with Gasteiger partial charge in [0.1, 0.15) is 5.65 Å². The maximum atomic E-state index is 13.5. The van der Waals surface area contributed by atoms with Gasteiger partial charge in [-0.3, -0.25) is 9.36 Å². The summed E-state index contributed by atoms with van der Waals surface area (Å²) in [5.41, 5.74) is 3.18. The van der Waals surface area contributed by atoms with Gasteiger partial charge in [-0.1, -0.05) is 16.8 Å². The Morgan fingerprint density at radius 1 is 1.18 bits per heavy atom. The monoisotopic (exact) mass is 466 g/mol. The van der Waals surface area contributed by atoms with E-state index in [1.165, 1.54) is 0 Å². The number of benzene rings is 1. The van der Waals surface area contributed by atoms with Gasteiger partial charge in [-0.15, -0.1) is 0 Å². The van der Waals surface area contributed by atoms with Crippen LogP contribution in [0.2, 0.25) is 5.02 Å². The summed E-state index contributed by atoms with van der Waals surface area (Å²) in [7, 11) is 0.